The molecule has 2 N–H and O–H groups in total. The molecular formula is C11H22N2O2. The third kappa shape index (κ3) is 5.74. The van der Waals surface area contributed by atoms with Gasteiger partial charge in [0.15, 0.2) is 0 Å². The quantitative estimate of drug-likeness (QED) is 0.584. The monoisotopic (exact) mass is 214 g/mol. The van der Waals surface area contributed by atoms with Crippen LogP contribution < -0.4 is 10.6 Å². The molecule has 1 saturated heterocycles. The Balaban J connectivity index is 1.83. The number of hydrogen-bond acceptors (Lipinski definition) is 3. The summed E-state index contributed by atoms with van der Waals surface area (Å²) in [6.45, 7) is 5.66. The van der Waals surface area contributed by atoms with E-state index in [0.717, 1.165) is 45.6 Å². The summed E-state index contributed by atoms with van der Waals surface area (Å²) >= 11 is 0. The van der Waals surface area contributed by atoms with E-state index in [1.165, 1.54) is 0 Å². The van der Waals surface area contributed by atoms with Gasteiger partial charge < -0.3 is 15.4 Å². The van der Waals surface area contributed by atoms with Gasteiger partial charge in [-0.3, -0.25) is 4.79 Å². The molecule has 1 unspecified atom stereocenters. The summed E-state index contributed by atoms with van der Waals surface area (Å²) in [5.41, 5.74) is 0. The Kier molecular flexibility index (Phi) is 6.36. The van der Waals surface area contributed by atoms with Crippen LogP contribution in [0.4, 0.5) is 0 Å². The topological polar surface area (TPSA) is 50.4 Å². The van der Waals surface area contributed by atoms with Crippen LogP contribution in [-0.4, -0.2) is 38.3 Å². The van der Waals surface area contributed by atoms with Gasteiger partial charge in [0.1, 0.15) is 0 Å². The van der Waals surface area contributed by atoms with Gasteiger partial charge >= 0.3 is 0 Å². The number of ether oxygens (including phenoxy) is 1. The molecule has 1 rings (SSSR count). The van der Waals surface area contributed by atoms with Gasteiger partial charge in [-0.2, -0.15) is 0 Å². The highest BCUT2D eigenvalue weighted by Gasteiger charge is 2.19. The van der Waals surface area contributed by atoms with Crippen molar-refractivity contribution < 1.29 is 9.53 Å². The second-order valence-corrected chi connectivity index (χ2v) is 3.97. The molecule has 0 spiro atoms. The first-order chi connectivity index (χ1) is 7.33. The fourth-order valence-corrected chi connectivity index (χ4v) is 1.65. The van der Waals surface area contributed by atoms with E-state index in [1.807, 2.05) is 0 Å². The fourth-order valence-electron chi connectivity index (χ4n) is 1.65. The van der Waals surface area contributed by atoms with Crippen LogP contribution in [0.25, 0.3) is 0 Å². The van der Waals surface area contributed by atoms with Crippen LogP contribution in [-0.2, 0) is 9.53 Å². The van der Waals surface area contributed by atoms with E-state index in [9.17, 15) is 4.79 Å². The zero-order chi connectivity index (χ0) is 10.9. The summed E-state index contributed by atoms with van der Waals surface area (Å²) < 4.78 is 5.36. The summed E-state index contributed by atoms with van der Waals surface area (Å²) in [5, 5.41) is 6.26. The summed E-state index contributed by atoms with van der Waals surface area (Å²) in [4.78, 5) is 10.9. The molecule has 1 aliphatic heterocycles. The SMILES string of the molecule is CCCOCCCNCC1CCC(=O)N1. The minimum Gasteiger partial charge on any atom is -0.381 e. The van der Waals surface area contributed by atoms with E-state index in [1.54, 1.807) is 0 Å². The average Bonchev–Trinajstić information content (AvgIpc) is 2.63. The number of carbonyl (C=O) groups is 1. The maximum absolute atomic E-state index is 10.9. The van der Waals surface area contributed by atoms with E-state index < -0.39 is 0 Å². The first-order valence-electron chi connectivity index (χ1n) is 5.90. The van der Waals surface area contributed by atoms with Crippen molar-refractivity contribution in [3.8, 4) is 0 Å². The van der Waals surface area contributed by atoms with E-state index >= 15 is 0 Å². The average molecular weight is 214 g/mol. The summed E-state index contributed by atoms with van der Waals surface area (Å²) in [6, 6.07) is 0.342. The minimum absolute atomic E-state index is 0.188. The molecule has 0 bridgehead atoms. The second-order valence-electron chi connectivity index (χ2n) is 3.97. The Morgan fingerprint density at radius 3 is 3.07 bits per heavy atom. The molecular weight excluding hydrogens is 192 g/mol. The van der Waals surface area contributed by atoms with Crippen molar-refractivity contribution >= 4 is 5.91 Å². The molecule has 1 amide bonds. The van der Waals surface area contributed by atoms with E-state index in [4.69, 9.17) is 4.74 Å². The smallest absolute Gasteiger partial charge is 0.220 e. The number of hydrogen-bond donors (Lipinski definition) is 2. The standard InChI is InChI=1S/C11H22N2O2/c1-2-7-15-8-3-6-12-9-10-4-5-11(14)13-10/h10,12H,2-9H2,1H3,(H,13,14). The highest BCUT2D eigenvalue weighted by molar-refractivity contribution is 5.78. The second kappa shape index (κ2) is 7.65. The Morgan fingerprint density at radius 1 is 1.53 bits per heavy atom. The van der Waals surface area contributed by atoms with Gasteiger partial charge in [-0.1, -0.05) is 6.92 Å². The molecule has 15 heavy (non-hydrogen) atoms. The highest BCUT2D eigenvalue weighted by atomic mass is 16.5. The fraction of sp³-hybridized carbons (Fsp3) is 0.909. The van der Waals surface area contributed by atoms with Gasteiger partial charge in [-0.15, -0.1) is 0 Å². The van der Waals surface area contributed by atoms with Gasteiger partial charge in [0.2, 0.25) is 5.91 Å². The number of amides is 1. The predicted octanol–water partition coefficient (Wildman–Crippen LogP) is 0.671. The zero-order valence-corrected chi connectivity index (χ0v) is 9.55. The van der Waals surface area contributed by atoms with E-state index in [0.29, 0.717) is 12.5 Å². The van der Waals surface area contributed by atoms with E-state index in [2.05, 4.69) is 17.6 Å². The molecule has 0 saturated carbocycles. The number of carbonyl (C=O) groups excluding carboxylic acids is 1. The van der Waals surface area contributed by atoms with Crippen molar-refractivity contribution in [3.63, 3.8) is 0 Å². The van der Waals surface area contributed by atoms with Crippen molar-refractivity contribution in [2.75, 3.05) is 26.3 Å². The number of rotatable bonds is 8. The van der Waals surface area contributed by atoms with Crippen LogP contribution >= 0.6 is 0 Å². The Labute approximate surface area is 91.8 Å². The molecule has 0 aliphatic carbocycles. The lowest BCUT2D eigenvalue weighted by molar-refractivity contribution is -0.119. The van der Waals surface area contributed by atoms with Gasteiger partial charge in [0, 0.05) is 32.2 Å². The number of nitrogens with one attached hydrogen (secondary N) is 2. The Bertz CT molecular complexity index is 185. The normalized spacial score (nSPS) is 20.6. The third-order valence-corrected chi connectivity index (χ3v) is 2.47. The predicted molar refractivity (Wildman–Crippen MR) is 59.8 cm³/mol. The third-order valence-electron chi connectivity index (χ3n) is 2.47. The molecule has 0 radical (unpaired) electrons. The minimum atomic E-state index is 0.188. The summed E-state index contributed by atoms with van der Waals surface area (Å²) in [7, 11) is 0. The van der Waals surface area contributed by atoms with Gasteiger partial charge in [0.05, 0.1) is 0 Å². The molecule has 0 aromatic heterocycles. The maximum atomic E-state index is 10.9. The Morgan fingerprint density at radius 2 is 2.40 bits per heavy atom. The lowest BCUT2D eigenvalue weighted by Gasteiger charge is -2.10. The lowest BCUT2D eigenvalue weighted by atomic mass is 10.2. The van der Waals surface area contributed by atoms with Crippen molar-refractivity contribution in [3.05, 3.63) is 0 Å². The summed E-state index contributed by atoms with van der Waals surface area (Å²) in [6.07, 6.45) is 3.78. The largest absolute Gasteiger partial charge is 0.381 e. The van der Waals surface area contributed by atoms with Crippen LogP contribution in [0.15, 0.2) is 0 Å². The van der Waals surface area contributed by atoms with Crippen LogP contribution in [0.5, 0.6) is 0 Å². The van der Waals surface area contributed by atoms with Crippen molar-refractivity contribution in [1.82, 2.24) is 10.6 Å². The molecule has 0 aromatic carbocycles. The van der Waals surface area contributed by atoms with Gasteiger partial charge in [-0.05, 0) is 25.8 Å². The molecule has 4 heteroatoms. The summed E-state index contributed by atoms with van der Waals surface area (Å²) in [5.74, 6) is 0.188. The molecule has 1 heterocycles. The van der Waals surface area contributed by atoms with Crippen molar-refractivity contribution in [2.45, 2.75) is 38.6 Å². The molecule has 4 nitrogen and oxygen atoms in total. The van der Waals surface area contributed by atoms with E-state index in [-0.39, 0.29) is 5.91 Å². The molecule has 0 aromatic rings. The highest BCUT2D eigenvalue weighted by Crippen LogP contribution is 2.04. The molecule has 1 aliphatic rings. The molecule has 88 valence electrons. The molecule has 1 fully saturated rings. The lowest BCUT2D eigenvalue weighted by Crippen LogP contribution is -2.36. The zero-order valence-electron chi connectivity index (χ0n) is 9.55. The first kappa shape index (κ1) is 12.5. The maximum Gasteiger partial charge on any atom is 0.220 e. The van der Waals surface area contributed by atoms with Crippen LogP contribution in [0.2, 0.25) is 0 Å². The molecule has 1 atom stereocenters. The van der Waals surface area contributed by atoms with Crippen molar-refractivity contribution in [2.24, 2.45) is 0 Å². The van der Waals surface area contributed by atoms with Crippen LogP contribution in [0, 0.1) is 0 Å². The first-order valence-corrected chi connectivity index (χ1v) is 5.90. The van der Waals surface area contributed by atoms with Gasteiger partial charge in [-0.25, -0.2) is 0 Å². The van der Waals surface area contributed by atoms with Crippen LogP contribution in [0.3, 0.4) is 0 Å². The Hall–Kier alpha value is -0.610. The van der Waals surface area contributed by atoms with Gasteiger partial charge in [0.25, 0.3) is 0 Å². The van der Waals surface area contributed by atoms with Crippen LogP contribution in [0.1, 0.15) is 32.6 Å². The van der Waals surface area contributed by atoms with Crippen molar-refractivity contribution in [1.29, 1.82) is 0 Å².